The van der Waals surface area contributed by atoms with Crippen LogP contribution in [0.3, 0.4) is 0 Å². The van der Waals surface area contributed by atoms with E-state index in [9.17, 15) is 9.59 Å². The number of methoxy groups -OCH3 is 2. The number of anilines is 1. The fourth-order valence-corrected chi connectivity index (χ4v) is 2.97. The first-order valence-corrected chi connectivity index (χ1v) is 8.88. The van der Waals surface area contributed by atoms with Crippen LogP contribution in [0, 0.1) is 5.92 Å². The van der Waals surface area contributed by atoms with E-state index in [0.717, 1.165) is 25.7 Å². The van der Waals surface area contributed by atoms with Crippen molar-refractivity contribution in [2.45, 2.75) is 45.4 Å². The quantitative estimate of drug-likeness (QED) is 0.577. The van der Waals surface area contributed by atoms with Gasteiger partial charge < -0.3 is 14.8 Å². The lowest BCUT2D eigenvalue weighted by molar-refractivity contribution is -0.126. The van der Waals surface area contributed by atoms with Crippen molar-refractivity contribution in [3.8, 4) is 11.5 Å². The second-order valence-corrected chi connectivity index (χ2v) is 6.45. The minimum Gasteiger partial charge on any atom is -0.497 e. The lowest BCUT2D eigenvalue weighted by Crippen LogP contribution is -2.29. The maximum absolute atomic E-state index is 12.2. The van der Waals surface area contributed by atoms with E-state index in [1.165, 1.54) is 13.5 Å². The molecule has 0 radical (unpaired) electrons. The Hall–Kier alpha value is -2.57. The lowest BCUT2D eigenvalue weighted by Gasteiger charge is -2.19. The Morgan fingerprint density at radius 2 is 1.88 bits per heavy atom. The van der Waals surface area contributed by atoms with Crippen LogP contribution in [0.5, 0.6) is 11.5 Å². The van der Waals surface area contributed by atoms with Crippen LogP contribution in [0.25, 0.3) is 0 Å². The molecule has 0 heterocycles. The fourth-order valence-electron chi connectivity index (χ4n) is 2.97. The number of ether oxygens (including phenoxy) is 2. The van der Waals surface area contributed by atoms with E-state index in [4.69, 9.17) is 9.47 Å². The number of carbonyl (C=O) groups excluding carboxylic acids is 2. The second-order valence-electron chi connectivity index (χ2n) is 6.45. The van der Waals surface area contributed by atoms with Crippen LogP contribution in [0.2, 0.25) is 0 Å². The number of hydrogen-bond acceptors (Lipinski definition) is 5. The highest BCUT2D eigenvalue weighted by atomic mass is 16.5. The average molecular weight is 361 g/mol. The van der Waals surface area contributed by atoms with Gasteiger partial charge in [0.05, 0.1) is 26.3 Å². The van der Waals surface area contributed by atoms with Crippen molar-refractivity contribution >= 4 is 23.2 Å². The van der Waals surface area contributed by atoms with Crippen LogP contribution in [0.4, 0.5) is 5.69 Å². The molecule has 1 fully saturated rings. The van der Waals surface area contributed by atoms with Crippen LogP contribution in [0.1, 0.15) is 45.4 Å². The van der Waals surface area contributed by atoms with Crippen molar-refractivity contribution in [1.29, 1.82) is 0 Å². The van der Waals surface area contributed by atoms with Crippen molar-refractivity contribution in [2.24, 2.45) is 11.0 Å². The van der Waals surface area contributed by atoms with Gasteiger partial charge in [0.25, 0.3) is 0 Å². The molecule has 1 aromatic carbocycles. The summed E-state index contributed by atoms with van der Waals surface area (Å²) < 4.78 is 10.4. The van der Waals surface area contributed by atoms with Crippen LogP contribution < -0.4 is 20.2 Å². The average Bonchev–Trinajstić information content (AvgIpc) is 2.67. The molecule has 0 spiro atoms. The van der Waals surface area contributed by atoms with Gasteiger partial charge in [-0.2, -0.15) is 5.10 Å². The molecule has 7 nitrogen and oxygen atoms in total. The van der Waals surface area contributed by atoms with Crippen LogP contribution in [-0.4, -0.2) is 31.7 Å². The van der Waals surface area contributed by atoms with Crippen molar-refractivity contribution in [3.05, 3.63) is 18.2 Å². The second kappa shape index (κ2) is 9.79. The first-order chi connectivity index (χ1) is 12.5. The number of nitrogens with one attached hydrogen (secondary N) is 2. The molecule has 0 aliphatic heterocycles. The molecule has 26 heavy (non-hydrogen) atoms. The number of benzene rings is 1. The summed E-state index contributed by atoms with van der Waals surface area (Å²) in [7, 11) is 3.09. The van der Waals surface area contributed by atoms with Gasteiger partial charge in [-0.15, -0.1) is 0 Å². The molecule has 2 amide bonds. The molecule has 0 unspecified atom stereocenters. The predicted octanol–water partition coefficient (Wildman–Crippen LogP) is 3.10. The minimum atomic E-state index is -0.235. The van der Waals surface area contributed by atoms with Gasteiger partial charge in [-0.1, -0.05) is 19.3 Å². The Bertz CT molecular complexity index is 667. The molecule has 142 valence electrons. The molecule has 0 atom stereocenters. The molecule has 2 N–H and O–H groups in total. The number of nitrogens with zero attached hydrogens (tertiary/aromatic N) is 1. The number of hydrazone groups is 1. The largest absolute Gasteiger partial charge is 0.497 e. The molecule has 1 saturated carbocycles. The Labute approximate surface area is 154 Å². The summed E-state index contributed by atoms with van der Waals surface area (Å²) >= 11 is 0. The zero-order chi connectivity index (χ0) is 18.9. The minimum absolute atomic E-state index is 0.0395. The van der Waals surface area contributed by atoms with Crippen molar-refractivity contribution < 1.29 is 19.1 Å². The molecule has 2 rings (SSSR count). The Morgan fingerprint density at radius 1 is 1.15 bits per heavy atom. The van der Waals surface area contributed by atoms with Crippen molar-refractivity contribution in [3.63, 3.8) is 0 Å². The monoisotopic (exact) mass is 361 g/mol. The first-order valence-electron chi connectivity index (χ1n) is 8.88. The molecule has 7 heteroatoms. The highest BCUT2D eigenvalue weighted by Crippen LogP contribution is 2.29. The van der Waals surface area contributed by atoms with E-state index in [1.54, 1.807) is 32.2 Å². The van der Waals surface area contributed by atoms with Gasteiger partial charge in [-0.3, -0.25) is 9.59 Å². The molecule has 1 aromatic rings. The Morgan fingerprint density at radius 3 is 2.54 bits per heavy atom. The highest BCUT2D eigenvalue weighted by Gasteiger charge is 2.20. The van der Waals surface area contributed by atoms with E-state index >= 15 is 0 Å². The summed E-state index contributed by atoms with van der Waals surface area (Å²) in [5, 5.41) is 6.84. The molecule has 0 bridgehead atoms. The summed E-state index contributed by atoms with van der Waals surface area (Å²) in [4.78, 5) is 24.3. The standard InChI is InChI=1S/C19H27N3O4/c1-13(21-22-19(24)14-7-5-4-6-8-14)11-18(23)20-16-10-9-15(25-2)12-17(16)26-3/h9-10,12,14H,4-8,11H2,1-3H3,(H,20,23)(H,22,24)/b21-13+. The van der Waals surface area contributed by atoms with Gasteiger partial charge in [-0.05, 0) is 31.9 Å². The number of amides is 2. The van der Waals surface area contributed by atoms with Gasteiger partial charge in [0, 0.05) is 17.7 Å². The maximum Gasteiger partial charge on any atom is 0.243 e. The smallest absolute Gasteiger partial charge is 0.243 e. The molecule has 0 saturated heterocycles. The van der Waals surface area contributed by atoms with Gasteiger partial charge in [0.2, 0.25) is 11.8 Å². The molecule has 1 aliphatic carbocycles. The molecule has 0 aromatic heterocycles. The normalized spacial score (nSPS) is 15.3. The zero-order valence-corrected chi connectivity index (χ0v) is 15.6. The summed E-state index contributed by atoms with van der Waals surface area (Å²) in [6.07, 6.45) is 5.29. The van der Waals surface area contributed by atoms with Crippen molar-refractivity contribution in [1.82, 2.24) is 5.43 Å². The van der Waals surface area contributed by atoms with Crippen LogP contribution >= 0.6 is 0 Å². The van der Waals surface area contributed by atoms with Gasteiger partial charge in [0.15, 0.2) is 0 Å². The third-order valence-corrected chi connectivity index (χ3v) is 4.43. The first kappa shape index (κ1) is 19.8. The third kappa shape index (κ3) is 5.75. The number of hydrogen-bond donors (Lipinski definition) is 2. The van der Waals surface area contributed by atoms with Gasteiger partial charge >= 0.3 is 0 Å². The third-order valence-electron chi connectivity index (χ3n) is 4.43. The highest BCUT2D eigenvalue weighted by molar-refractivity contribution is 6.06. The van der Waals surface area contributed by atoms with E-state index in [2.05, 4.69) is 15.8 Å². The van der Waals surface area contributed by atoms with E-state index in [-0.39, 0.29) is 24.2 Å². The molecule has 1 aliphatic rings. The summed E-state index contributed by atoms with van der Waals surface area (Å²) in [6, 6.07) is 5.15. The van der Waals surface area contributed by atoms with Gasteiger partial charge in [-0.25, -0.2) is 5.43 Å². The van der Waals surface area contributed by atoms with E-state index in [0.29, 0.717) is 22.9 Å². The van der Waals surface area contributed by atoms with Crippen LogP contribution in [-0.2, 0) is 9.59 Å². The maximum atomic E-state index is 12.2. The van der Waals surface area contributed by atoms with Crippen LogP contribution in [0.15, 0.2) is 23.3 Å². The predicted molar refractivity (Wildman–Crippen MR) is 101 cm³/mol. The van der Waals surface area contributed by atoms with E-state index < -0.39 is 0 Å². The lowest BCUT2D eigenvalue weighted by atomic mass is 9.89. The summed E-state index contributed by atoms with van der Waals surface area (Å²) in [5.74, 6) is 0.904. The van der Waals surface area contributed by atoms with Gasteiger partial charge in [0.1, 0.15) is 11.5 Å². The number of rotatable bonds is 7. The zero-order valence-electron chi connectivity index (χ0n) is 15.6. The SMILES string of the molecule is COc1ccc(NC(=O)C/C(C)=N/NC(=O)C2CCCCC2)c(OC)c1. The Balaban J connectivity index is 1.87. The summed E-state index contributed by atoms with van der Waals surface area (Å²) in [6.45, 7) is 1.71. The van der Waals surface area contributed by atoms with E-state index in [1.807, 2.05) is 0 Å². The number of carbonyl (C=O) groups is 2. The summed E-state index contributed by atoms with van der Waals surface area (Å²) in [5.41, 5.74) is 3.68. The molecular formula is C19H27N3O4. The Kier molecular flexibility index (Phi) is 7.44. The topological polar surface area (TPSA) is 89.0 Å². The molecular weight excluding hydrogens is 334 g/mol. The fraction of sp³-hybridized carbons (Fsp3) is 0.526. The van der Waals surface area contributed by atoms with Crippen molar-refractivity contribution in [2.75, 3.05) is 19.5 Å².